The Kier molecular flexibility index (Phi) is 7.45. The molecule has 1 saturated heterocycles. The van der Waals surface area contributed by atoms with Gasteiger partial charge in [-0.1, -0.05) is 54.3 Å². The fourth-order valence-corrected chi connectivity index (χ4v) is 4.78. The van der Waals surface area contributed by atoms with Crippen LogP contribution in [0.3, 0.4) is 0 Å². The number of aromatic hydroxyl groups is 1. The molecule has 0 spiro atoms. The summed E-state index contributed by atoms with van der Waals surface area (Å²) in [6, 6.07) is 19.9. The summed E-state index contributed by atoms with van der Waals surface area (Å²) >= 11 is 0. The molecule has 5 rings (SSSR count). The number of H-pyrrole nitrogens is 1. The minimum atomic E-state index is -0.841. The van der Waals surface area contributed by atoms with E-state index in [1.54, 1.807) is 42.6 Å². The Hall–Kier alpha value is -4.85. The summed E-state index contributed by atoms with van der Waals surface area (Å²) in [7, 11) is 0. The number of amides is 1. The number of nitrogens with one attached hydrogen (secondary N) is 1. The second-order valence-corrected chi connectivity index (χ2v) is 9.51. The molecule has 0 bridgehead atoms. The molecule has 0 radical (unpaired) electrons. The molecule has 1 aliphatic heterocycles. The van der Waals surface area contributed by atoms with E-state index < -0.39 is 23.5 Å². The van der Waals surface area contributed by atoms with Crippen molar-refractivity contribution in [3.8, 4) is 11.5 Å². The molecular weight excluding hydrogens is 494 g/mol. The van der Waals surface area contributed by atoms with Gasteiger partial charge in [-0.3, -0.25) is 14.6 Å². The second-order valence-electron chi connectivity index (χ2n) is 9.51. The summed E-state index contributed by atoms with van der Waals surface area (Å²) in [5.74, 6) is -1.35. The summed E-state index contributed by atoms with van der Waals surface area (Å²) in [5, 5.41) is 23.4. The van der Waals surface area contributed by atoms with E-state index in [4.69, 9.17) is 4.74 Å². The standard InChI is InChI=1S/C31H29N3O5/c1-21-5-2-3-6-24(21)19-39-26-13-9-23(10-14-26)29(36)27-28(22-7-11-25(35)12-8-22)34(31(38)30(27)37)17-4-16-33-18-15-32-20-33/h2-3,5-15,18,20,28H,4,16-17,19H2,1H3,(H2,35,36,37). The van der Waals surface area contributed by atoms with E-state index in [-0.39, 0.29) is 17.9 Å². The quantitative estimate of drug-likeness (QED) is 0.152. The molecule has 2 heterocycles. The molecule has 1 atom stereocenters. The number of imidazole rings is 1. The summed E-state index contributed by atoms with van der Waals surface area (Å²) in [5.41, 5.74) is 2.98. The number of aryl methyl sites for hydroxylation is 2. The number of aromatic nitrogens is 2. The van der Waals surface area contributed by atoms with Crippen LogP contribution in [-0.2, 0) is 22.7 Å². The lowest BCUT2D eigenvalue weighted by Crippen LogP contribution is -2.36. The number of likely N-dealkylation sites (tertiary alicyclic amines) is 1. The number of hydrogen-bond acceptors (Lipinski definition) is 5. The van der Waals surface area contributed by atoms with Crippen molar-refractivity contribution in [3.63, 3.8) is 0 Å². The maximum Gasteiger partial charge on any atom is 0.295 e. The van der Waals surface area contributed by atoms with Crippen LogP contribution >= 0.6 is 0 Å². The van der Waals surface area contributed by atoms with Crippen LogP contribution in [0, 0.1) is 6.92 Å². The first kappa shape index (κ1) is 25.8. The highest BCUT2D eigenvalue weighted by molar-refractivity contribution is 6.46. The fraction of sp³-hybridized carbons (Fsp3) is 0.194. The minimum Gasteiger partial charge on any atom is -0.872 e. The molecule has 3 aromatic carbocycles. The lowest BCUT2D eigenvalue weighted by molar-refractivity contribution is -0.695. The number of rotatable bonds is 9. The Bertz CT molecular complexity index is 1490. The predicted molar refractivity (Wildman–Crippen MR) is 142 cm³/mol. The monoisotopic (exact) mass is 523 g/mol. The number of benzene rings is 3. The highest BCUT2D eigenvalue weighted by Gasteiger charge is 2.43. The van der Waals surface area contributed by atoms with Crippen molar-refractivity contribution < 1.29 is 29.1 Å². The van der Waals surface area contributed by atoms with Crippen molar-refractivity contribution in [3.05, 3.63) is 119 Å². The highest BCUT2D eigenvalue weighted by Crippen LogP contribution is 2.39. The van der Waals surface area contributed by atoms with Gasteiger partial charge in [0.25, 0.3) is 5.91 Å². The summed E-state index contributed by atoms with van der Waals surface area (Å²) in [4.78, 5) is 30.7. The van der Waals surface area contributed by atoms with Gasteiger partial charge in [0.15, 0.2) is 0 Å². The van der Waals surface area contributed by atoms with Gasteiger partial charge in [-0.25, -0.2) is 4.57 Å². The van der Waals surface area contributed by atoms with Crippen molar-refractivity contribution in [1.82, 2.24) is 9.88 Å². The number of carbonyl (C=O) groups excluding carboxylic acids is 2. The molecule has 1 fully saturated rings. The van der Waals surface area contributed by atoms with Gasteiger partial charge in [0, 0.05) is 18.5 Å². The lowest BCUT2D eigenvalue weighted by Gasteiger charge is -2.27. The summed E-state index contributed by atoms with van der Waals surface area (Å²) in [6.45, 7) is 3.33. The SMILES string of the molecule is Cc1ccccc1COc1ccc(/C([O-])=C2\C(=O)C(=O)N(CCC[n+]3cc[nH]c3)C2c2ccc(O)cc2)cc1. The molecule has 1 amide bonds. The molecule has 8 heteroatoms. The van der Waals surface area contributed by atoms with Gasteiger partial charge < -0.3 is 19.8 Å². The van der Waals surface area contributed by atoms with Crippen LogP contribution in [0.5, 0.6) is 11.5 Å². The molecule has 0 aliphatic carbocycles. The van der Waals surface area contributed by atoms with Crippen molar-refractivity contribution in [2.24, 2.45) is 0 Å². The van der Waals surface area contributed by atoms with Crippen LogP contribution in [0.4, 0.5) is 0 Å². The van der Waals surface area contributed by atoms with Gasteiger partial charge in [0.1, 0.15) is 30.5 Å². The Morgan fingerprint density at radius 3 is 2.49 bits per heavy atom. The first-order valence-corrected chi connectivity index (χ1v) is 12.8. The molecule has 2 N–H and O–H groups in total. The van der Waals surface area contributed by atoms with Crippen LogP contribution in [0.1, 0.15) is 34.7 Å². The number of aromatic amines is 1. The maximum absolute atomic E-state index is 13.7. The first-order valence-electron chi connectivity index (χ1n) is 12.8. The van der Waals surface area contributed by atoms with E-state index in [2.05, 4.69) is 4.98 Å². The van der Waals surface area contributed by atoms with E-state index in [0.29, 0.717) is 36.4 Å². The number of Topliss-reactive ketones (excluding diaryl/α,β-unsaturated/α-hetero) is 1. The topological polar surface area (TPSA) is 110 Å². The van der Waals surface area contributed by atoms with Gasteiger partial charge in [-0.05, 0) is 53.4 Å². The van der Waals surface area contributed by atoms with Crippen LogP contribution in [0.25, 0.3) is 5.76 Å². The van der Waals surface area contributed by atoms with E-state index in [0.717, 1.165) is 11.1 Å². The zero-order chi connectivity index (χ0) is 27.4. The van der Waals surface area contributed by atoms with Crippen LogP contribution in [0.15, 0.2) is 97.1 Å². The number of phenols is 1. The van der Waals surface area contributed by atoms with Crippen molar-refractivity contribution in [2.75, 3.05) is 6.54 Å². The van der Waals surface area contributed by atoms with Crippen LogP contribution < -0.4 is 14.4 Å². The largest absolute Gasteiger partial charge is 0.872 e. The number of ether oxygens (including phenoxy) is 1. The zero-order valence-electron chi connectivity index (χ0n) is 21.5. The molecule has 1 aliphatic rings. The lowest BCUT2D eigenvalue weighted by atomic mass is 9.95. The molecule has 0 saturated carbocycles. The normalized spacial score (nSPS) is 16.5. The number of hydrogen-bond donors (Lipinski definition) is 2. The van der Waals surface area contributed by atoms with Crippen molar-refractivity contribution in [1.29, 1.82) is 0 Å². The molecule has 198 valence electrons. The highest BCUT2D eigenvalue weighted by atomic mass is 16.5. The van der Waals surface area contributed by atoms with Gasteiger partial charge >= 0.3 is 0 Å². The fourth-order valence-electron chi connectivity index (χ4n) is 4.78. The Morgan fingerprint density at radius 1 is 1.05 bits per heavy atom. The number of nitrogens with zero attached hydrogens (tertiary/aromatic N) is 2. The number of ketones is 1. The van der Waals surface area contributed by atoms with Gasteiger partial charge in [0.05, 0.1) is 12.6 Å². The Morgan fingerprint density at radius 2 is 1.79 bits per heavy atom. The number of carbonyl (C=O) groups is 2. The van der Waals surface area contributed by atoms with Gasteiger partial charge in [-0.15, -0.1) is 0 Å². The number of phenolic OH excluding ortho intramolecular Hbond substituents is 1. The summed E-state index contributed by atoms with van der Waals surface area (Å²) < 4.78 is 7.83. The molecule has 4 aromatic rings. The third-order valence-corrected chi connectivity index (χ3v) is 6.93. The molecular formula is C31H29N3O5. The van der Waals surface area contributed by atoms with E-state index in [1.807, 2.05) is 48.3 Å². The second kappa shape index (κ2) is 11.3. The van der Waals surface area contributed by atoms with Gasteiger partial charge in [-0.2, -0.15) is 0 Å². The van der Waals surface area contributed by atoms with E-state index in [9.17, 15) is 19.8 Å². The predicted octanol–water partition coefficient (Wildman–Crippen LogP) is 3.21. The van der Waals surface area contributed by atoms with Crippen LogP contribution in [-0.4, -0.2) is 33.2 Å². The summed E-state index contributed by atoms with van der Waals surface area (Å²) in [6.07, 6.45) is 6.08. The molecule has 1 aromatic heterocycles. The Balaban J connectivity index is 1.41. The van der Waals surface area contributed by atoms with E-state index in [1.165, 1.54) is 17.0 Å². The third-order valence-electron chi connectivity index (χ3n) is 6.93. The van der Waals surface area contributed by atoms with Crippen molar-refractivity contribution in [2.45, 2.75) is 32.5 Å². The third kappa shape index (κ3) is 5.55. The Labute approximate surface area is 226 Å². The molecule has 8 nitrogen and oxygen atoms in total. The maximum atomic E-state index is 13.7. The smallest absolute Gasteiger partial charge is 0.295 e. The zero-order valence-corrected chi connectivity index (χ0v) is 21.5. The average Bonchev–Trinajstić information content (AvgIpc) is 3.55. The molecule has 39 heavy (non-hydrogen) atoms. The van der Waals surface area contributed by atoms with Crippen molar-refractivity contribution >= 4 is 17.4 Å². The van der Waals surface area contributed by atoms with E-state index >= 15 is 0 Å². The van der Waals surface area contributed by atoms with Crippen LogP contribution in [0.2, 0.25) is 0 Å². The average molecular weight is 524 g/mol. The van der Waals surface area contributed by atoms with Gasteiger partial charge in [0.2, 0.25) is 12.1 Å². The first-order chi connectivity index (χ1) is 18.9. The minimum absolute atomic E-state index is 0.0546. The molecule has 1 unspecified atom stereocenters.